The SMILES string of the molecule is COC(=O)CC1OC2(CCN(CCc3ccccc3)CC2)CN(c2ccccc2)C1=O. The molecule has 2 aliphatic heterocycles. The van der Waals surface area contributed by atoms with E-state index in [1.54, 1.807) is 4.90 Å². The summed E-state index contributed by atoms with van der Waals surface area (Å²) in [6.45, 7) is 3.34. The molecule has 164 valence electrons. The topological polar surface area (TPSA) is 59.1 Å². The third-order valence-electron chi connectivity index (χ3n) is 6.35. The lowest BCUT2D eigenvalue weighted by Gasteiger charge is -2.49. The highest BCUT2D eigenvalue weighted by molar-refractivity contribution is 5.99. The van der Waals surface area contributed by atoms with Crippen LogP contribution >= 0.6 is 0 Å². The Morgan fingerprint density at radius 3 is 2.35 bits per heavy atom. The van der Waals surface area contributed by atoms with E-state index in [9.17, 15) is 9.59 Å². The van der Waals surface area contributed by atoms with Crippen LogP contribution < -0.4 is 4.90 Å². The molecule has 2 aromatic rings. The minimum absolute atomic E-state index is 0.0574. The maximum atomic E-state index is 13.1. The molecular formula is C25H30N2O4. The first-order valence-electron chi connectivity index (χ1n) is 11.0. The maximum Gasteiger partial charge on any atom is 0.308 e. The van der Waals surface area contributed by atoms with Crippen LogP contribution in [0, 0.1) is 0 Å². The lowest BCUT2D eigenvalue weighted by Crippen LogP contribution is -2.62. The zero-order valence-corrected chi connectivity index (χ0v) is 18.0. The average molecular weight is 423 g/mol. The van der Waals surface area contributed by atoms with Gasteiger partial charge in [-0.2, -0.15) is 0 Å². The number of hydrogen-bond acceptors (Lipinski definition) is 5. The Morgan fingerprint density at radius 1 is 1.06 bits per heavy atom. The molecule has 6 heteroatoms. The molecule has 2 heterocycles. The molecule has 0 aliphatic carbocycles. The first kappa shape index (κ1) is 21.5. The van der Waals surface area contributed by atoms with Gasteiger partial charge in [0.1, 0.15) is 6.10 Å². The van der Waals surface area contributed by atoms with Gasteiger partial charge in [0, 0.05) is 25.3 Å². The fraction of sp³-hybridized carbons (Fsp3) is 0.440. The first-order chi connectivity index (χ1) is 15.1. The molecular weight excluding hydrogens is 392 g/mol. The van der Waals surface area contributed by atoms with Crippen LogP contribution in [-0.2, 0) is 25.5 Å². The van der Waals surface area contributed by atoms with Crippen molar-refractivity contribution >= 4 is 17.6 Å². The average Bonchev–Trinajstić information content (AvgIpc) is 2.82. The van der Waals surface area contributed by atoms with Crippen LogP contribution in [0.4, 0.5) is 5.69 Å². The quantitative estimate of drug-likeness (QED) is 0.670. The van der Waals surface area contributed by atoms with Crippen LogP contribution in [0.5, 0.6) is 0 Å². The molecule has 1 spiro atoms. The lowest BCUT2D eigenvalue weighted by atomic mass is 9.87. The highest BCUT2D eigenvalue weighted by atomic mass is 16.5. The highest BCUT2D eigenvalue weighted by Crippen LogP contribution is 2.36. The van der Waals surface area contributed by atoms with Crippen LogP contribution in [-0.4, -0.2) is 61.8 Å². The summed E-state index contributed by atoms with van der Waals surface area (Å²) in [7, 11) is 1.34. The molecule has 31 heavy (non-hydrogen) atoms. The maximum absolute atomic E-state index is 13.1. The lowest BCUT2D eigenvalue weighted by molar-refractivity contribution is -0.172. The van der Waals surface area contributed by atoms with Crippen molar-refractivity contribution in [2.24, 2.45) is 0 Å². The number of morpholine rings is 1. The monoisotopic (exact) mass is 422 g/mol. The summed E-state index contributed by atoms with van der Waals surface area (Å²) in [4.78, 5) is 29.3. The normalized spacial score (nSPS) is 21.3. The number of methoxy groups -OCH3 is 1. The largest absolute Gasteiger partial charge is 0.469 e. The van der Waals surface area contributed by atoms with Crippen LogP contribution in [0.25, 0.3) is 0 Å². The van der Waals surface area contributed by atoms with Crippen LogP contribution in [0.3, 0.4) is 0 Å². The van der Waals surface area contributed by atoms with Crippen molar-refractivity contribution in [3.8, 4) is 0 Å². The van der Waals surface area contributed by atoms with Gasteiger partial charge in [-0.05, 0) is 37.0 Å². The number of likely N-dealkylation sites (tertiary alicyclic amines) is 1. The van der Waals surface area contributed by atoms with Gasteiger partial charge in [-0.15, -0.1) is 0 Å². The van der Waals surface area contributed by atoms with E-state index >= 15 is 0 Å². The van der Waals surface area contributed by atoms with Crippen molar-refractivity contribution in [1.29, 1.82) is 0 Å². The summed E-state index contributed by atoms with van der Waals surface area (Å²) in [5, 5.41) is 0. The predicted octanol–water partition coefficient (Wildman–Crippen LogP) is 3.06. The molecule has 0 radical (unpaired) electrons. The second kappa shape index (κ2) is 9.62. The fourth-order valence-corrected chi connectivity index (χ4v) is 4.51. The van der Waals surface area contributed by atoms with Gasteiger partial charge in [0.05, 0.1) is 25.7 Å². The summed E-state index contributed by atoms with van der Waals surface area (Å²) < 4.78 is 11.2. The molecule has 0 aromatic heterocycles. The summed E-state index contributed by atoms with van der Waals surface area (Å²) in [5.41, 5.74) is 1.75. The number of nitrogens with zero attached hydrogens (tertiary/aromatic N) is 2. The zero-order chi connectivity index (χ0) is 21.7. The number of ether oxygens (including phenoxy) is 2. The number of amides is 1. The van der Waals surface area contributed by atoms with E-state index in [4.69, 9.17) is 9.47 Å². The Bertz CT molecular complexity index is 879. The smallest absolute Gasteiger partial charge is 0.308 e. The first-order valence-corrected chi connectivity index (χ1v) is 11.0. The third-order valence-corrected chi connectivity index (χ3v) is 6.35. The molecule has 1 unspecified atom stereocenters. The van der Waals surface area contributed by atoms with E-state index in [1.807, 2.05) is 36.4 Å². The molecule has 0 bridgehead atoms. The van der Waals surface area contributed by atoms with E-state index in [0.717, 1.165) is 44.6 Å². The fourth-order valence-electron chi connectivity index (χ4n) is 4.51. The van der Waals surface area contributed by atoms with Gasteiger partial charge in [-0.3, -0.25) is 9.59 Å². The summed E-state index contributed by atoms with van der Waals surface area (Å²) in [6.07, 6.45) is 1.82. The number of benzene rings is 2. The zero-order valence-electron chi connectivity index (χ0n) is 18.0. The Balaban J connectivity index is 1.45. The number of hydrogen-bond donors (Lipinski definition) is 0. The third kappa shape index (κ3) is 5.14. The van der Waals surface area contributed by atoms with Gasteiger partial charge in [0.25, 0.3) is 5.91 Å². The molecule has 2 saturated heterocycles. The van der Waals surface area contributed by atoms with Crippen molar-refractivity contribution in [3.63, 3.8) is 0 Å². The van der Waals surface area contributed by atoms with Gasteiger partial charge in [0.2, 0.25) is 0 Å². The van der Waals surface area contributed by atoms with Gasteiger partial charge in [-0.1, -0.05) is 48.5 Å². The Hall–Kier alpha value is -2.70. The van der Waals surface area contributed by atoms with E-state index in [1.165, 1.54) is 12.7 Å². The molecule has 0 saturated carbocycles. The number of carbonyl (C=O) groups excluding carboxylic acids is 2. The van der Waals surface area contributed by atoms with Gasteiger partial charge in [0.15, 0.2) is 0 Å². The van der Waals surface area contributed by atoms with Crippen LogP contribution in [0.2, 0.25) is 0 Å². The van der Waals surface area contributed by atoms with Gasteiger partial charge < -0.3 is 19.3 Å². The van der Waals surface area contributed by atoms with E-state index in [2.05, 4.69) is 29.2 Å². The number of para-hydroxylation sites is 1. The van der Waals surface area contributed by atoms with Crippen molar-refractivity contribution < 1.29 is 19.1 Å². The molecule has 2 aromatic carbocycles. The minimum atomic E-state index is -0.808. The Labute approximate surface area is 183 Å². The second-order valence-corrected chi connectivity index (χ2v) is 8.41. The molecule has 1 atom stereocenters. The van der Waals surface area contributed by atoms with E-state index < -0.39 is 17.7 Å². The Kier molecular flexibility index (Phi) is 6.68. The molecule has 1 amide bonds. The van der Waals surface area contributed by atoms with Crippen molar-refractivity contribution in [2.75, 3.05) is 38.2 Å². The second-order valence-electron chi connectivity index (χ2n) is 8.41. The highest BCUT2D eigenvalue weighted by Gasteiger charge is 2.47. The molecule has 0 N–H and O–H groups in total. The molecule has 4 rings (SSSR count). The number of anilines is 1. The summed E-state index contributed by atoms with van der Waals surface area (Å²) in [6, 6.07) is 20.2. The number of piperidine rings is 1. The van der Waals surface area contributed by atoms with Crippen molar-refractivity contribution in [3.05, 3.63) is 66.2 Å². The van der Waals surface area contributed by atoms with Crippen molar-refractivity contribution in [2.45, 2.75) is 37.4 Å². The van der Waals surface area contributed by atoms with Crippen LogP contribution in [0.15, 0.2) is 60.7 Å². The predicted molar refractivity (Wildman–Crippen MR) is 119 cm³/mol. The van der Waals surface area contributed by atoms with Crippen molar-refractivity contribution in [1.82, 2.24) is 4.90 Å². The molecule has 2 aliphatic rings. The standard InChI is InChI=1S/C25H30N2O4/c1-30-23(28)18-22-24(29)27(21-10-6-3-7-11-21)19-25(31-22)13-16-26(17-14-25)15-12-20-8-4-2-5-9-20/h2-11,22H,12-19H2,1H3. The summed E-state index contributed by atoms with van der Waals surface area (Å²) >= 11 is 0. The minimum Gasteiger partial charge on any atom is -0.469 e. The molecule has 6 nitrogen and oxygen atoms in total. The van der Waals surface area contributed by atoms with E-state index in [0.29, 0.717) is 6.54 Å². The molecule has 2 fully saturated rings. The van der Waals surface area contributed by atoms with Crippen LogP contribution in [0.1, 0.15) is 24.8 Å². The number of esters is 1. The Morgan fingerprint density at radius 2 is 1.71 bits per heavy atom. The number of rotatable bonds is 6. The van der Waals surface area contributed by atoms with Gasteiger partial charge >= 0.3 is 5.97 Å². The van der Waals surface area contributed by atoms with Gasteiger partial charge in [-0.25, -0.2) is 0 Å². The summed E-state index contributed by atoms with van der Waals surface area (Å²) in [5.74, 6) is -0.600. The number of carbonyl (C=O) groups is 2. The van der Waals surface area contributed by atoms with E-state index in [-0.39, 0.29) is 12.3 Å².